The highest BCUT2D eigenvalue weighted by atomic mass is 16.3. The predicted molar refractivity (Wildman–Crippen MR) is 40.6 cm³/mol. The van der Waals surface area contributed by atoms with Crippen LogP contribution in [-0.4, -0.2) is 11.7 Å². The molecule has 1 heteroatoms. The second-order valence-electron chi connectivity index (χ2n) is 3.97. The molecule has 0 saturated heterocycles. The van der Waals surface area contributed by atoms with E-state index >= 15 is 0 Å². The van der Waals surface area contributed by atoms with Crippen LogP contribution in [0, 0.1) is 17.8 Å². The monoisotopic (exact) mass is 140 g/mol. The van der Waals surface area contributed by atoms with Gasteiger partial charge in [-0.15, -0.1) is 0 Å². The standard InChI is InChI=1S/C9H16O/c10-6-9-5-7-2-1-3-8(9)4-7/h7-10H,1-6H2/t7-,8+,9+/m1/s1. The van der Waals surface area contributed by atoms with Gasteiger partial charge in [0.15, 0.2) is 0 Å². The summed E-state index contributed by atoms with van der Waals surface area (Å²) in [6, 6.07) is 0. The van der Waals surface area contributed by atoms with Gasteiger partial charge in [-0.2, -0.15) is 0 Å². The summed E-state index contributed by atoms with van der Waals surface area (Å²) >= 11 is 0. The fourth-order valence-corrected chi connectivity index (χ4v) is 2.82. The van der Waals surface area contributed by atoms with E-state index in [0.29, 0.717) is 12.5 Å². The van der Waals surface area contributed by atoms with Crippen molar-refractivity contribution in [1.29, 1.82) is 0 Å². The van der Waals surface area contributed by atoms with Crippen LogP contribution in [0.3, 0.4) is 0 Å². The van der Waals surface area contributed by atoms with E-state index in [-0.39, 0.29) is 0 Å². The van der Waals surface area contributed by atoms with Crippen molar-refractivity contribution in [2.75, 3.05) is 6.61 Å². The third-order valence-electron chi connectivity index (χ3n) is 3.36. The van der Waals surface area contributed by atoms with E-state index in [1.165, 1.54) is 32.1 Å². The van der Waals surface area contributed by atoms with Crippen LogP contribution in [0.1, 0.15) is 32.1 Å². The van der Waals surface area contributed by atoms with Crippen LogP contribution in [-0.2, 0) is 0 Å². The molecule has 3 atom stereocenters. The SMILES string of the molecule is OC[C@@H]1C[C@@H]2CCC[C@H]1C2. The summed E-state index contributed by atoms with van der Waals surface area (Å²) in [5.74, 6) is 2.55. The zero-order valence-corrected chi connectivity index (χ0v) is 6.42. The van der Waals surface area contributed by atoms with Crippen LogP contribution < -0.4 is 0 Å². The fourth-order valence-electron chi connectivity index (χ4n) is 2.82. The Hall–Kier alpha value is -0.0400. The van der Waals surface area contributed by atoms with Gasteiger partial charge in [-0.3, -0.25) is 0 Å². The summed E-state index contributed by atoms with van der Waals surface area (Å²) in [5, 5.41) is 9.01. The molecule has 0 spiro atoms. The lowest BCUT2D eigenvalue weighted by Gasteiger charge is -2.19. The maximum atomic E-state index is 9.01. The van der Waals surface area contributed by atoms with E-state index in [9.17, 15) is 0 Å². The van der Waals surface area contributed by atoms with Crippen LogP contribution in [0.2, 0.25) is 0 Å². The number of aliphatic hydroxyl groups excluding tert-OH is 1. The number of rotatable bonds is 1. The van der Waals surface area contributed by atoms with Crippen LogP contribution >= 0.6 is 0 Å². The second kappa shape index (κ2) is 2.54. The molecule has 2 bridgehead atoms. The molecule has 2 aliphatic carbocycles. The minimum Gasteiger partial charge on any atom is -0.396 e. The topological polar surface area (TPSA) is 20.2 Å². The van der Waals surface area contributed by atoms with E-state index in [1.807, 2.05) is 0 Å². The molecular weight excluding hydrogens is 124 g/mol. The Labute approximate surface area is 62.4 Å². The molecule has 0 aromatic rings. The first-order valence-electron chi connectivity index (χ1n) is 4.51. The molecule has 2 saturated carbocycles. The van der Waals surface area contributed by atoms with Crippen LogP contribution in [0.15, 0.2) is 0 Å². The van der Waals surface area contributed by atoms with Gasteiger partial charge >= 0.3 is 0 Å². The molecule has 0 aromatic heterocycles. The van der Waals surface area contributed by atoms with E-state index < -0.39 is 0 Å². The molecule has 0 aliphatic heterocycles. The summed E-state index contributed by atoms with van der Waals surface area (Å²) in [6.45, 7) is 0.446. The lowest BCUT2D eigenvalue weighted by Crippen LogP contribution is -2.12. The van der Waals surface area contributed by atoms with Crippen LogP contribution in [0.5, 0.6) is 0 Å². The highest BCUT2D eigenvalue weighted by molar-refractivity contribution is 4.86. The van der Waals surface area contributed by atoms with Crippen LogP contribution in [0.25, 0.3) is 0 Å². The minimum atomic E-state index is 0.446. The quantitative estimate of drug-likeness (QED) is 0.589. The molecule has 10 heavy (non-hydrogen) atoms. The third-order valence-corrected chi connectivity index (χ3v) is 3.36. The largest absolute Gasteiger partial charge is 0.396 e. The highest BCUT2D eigenvalue weighted by Crippen LogP contribution is 2.45. The molecule has 0 radical (unpaired) electrons. The normalized spacial score (nSPS) is 45.9. The third kappa shape index (κ3) is 0.968. The van der Waals surface area contributed by atoms with Gasteiger partial charge in [0.25, 0.3) is 0 Å². The number of fused-ring (bicyclic) bond motifs is 2. The van der Waals surface area contributed by atoms with Crippen molar-refractivity contribution in [3.8, 4) is 0 Å². The van der Waals surface area contributed by atoms with Crippen molar-refractivity contribution in [3.05, 3.63) is 0 Å². The van der Waals surface area contributed by atoms with Crippen molar-refractivity contribution in [3.63, 3.8) is 0 Å². The molecule has 0 aromatic carbocycles. The Morgan fingerprint density at radius 2 is 2.10 bits per heavy atom. The van der Waals surface area contributed by atoms with E-state index in [2.05, 4.69) is 0 Å². The van der Waals surface area contributed by atoms with Gasteiger partial charge in [-0.05, 0) is 30.6 Å². The average Bonchev–Trinajstić information content (AvgIpc) is 2.26. The Kier molecular flexibility index (Phi) is 1.69. The van der Waals surface area contributed by atoms with Crippen molar-refractivity contribution in [1.82, 2.24) is 0 Å². The fraction of sp³-hybridized carbons (Fsp3) is 1.00. The molecule has 58 valence electrons. The van der Waals surface area contributed by atoms with Gasteiger partial charge in [0.05, 0.1) is 0 Å². The first kappa shape index (κ1) is 6.66. The molecule has 0 amide bonds. The molecule has 0 heterocycles. The van der Waals surface area contributed by atoms with Crippen molar-refractivity contribution in [2.45, 2.75) is 32.1 Å². The number of hydrogen-bond donors (Lipinski definition) is 1. The lowest BCUT2D eigenvalue weighted by molar-refractivity contribution is 0.190. The Balaban J connectivity index is 2.01. The smallest absolute Gasteiger partial charge is 0.0462 e. The Morgan fingerprint density at radius 1 is 1.20 bits per heavy atom. The minimum absolute atomic E-state index is 0.446. The van der Waals surface area contributed by atoms with Crippen molar-refractivity contribution in [2.24, 2.45) is 17.8 Å². The predicted octanol–water partition coefficient (Wildman–Crippen LogP) is 1.80. The average molecular weight is 140 g/mol. The Bertz CT molecular complexity index is 122. The first-order chi connectivity index (χ1) is 4.90. The molecule has 2 aliphatic rings. The molecule has 0 unspecified atom stereocenters. The first-order valence-corrected chi connectivity index (χ1v) is 4.51. The van der Waals surface area contributed by atoms with Gasteiger partial charge in [0, 0.05) is 6.61 Å². The second-order valence-corrected chi connectivity index (χ2v) is 3.97. The number of aliphatic hydroxyl groups is 1. The Morgan fingerprint density at radius 3 is 2.80 bits per heavy atom. The van der Waals surface area contributed by atoms with E-state index in [0.717, 1.165) is 11.8 Å². The van der Waals surface area contributed by atoms with Crippen LogP contribution in [0.4, 0.5) is 0 Å². The van der Waals surface area contributed by atoms with Crippen molar-refractivity contribution < 1.29 is 5.11 Å². The summed E-state index contributed by atoms with van der Waals surface area (Å²) in [7, 11) is 0. The van der Waals surface area contributed by atoms with Crippen molar-refractivity contribution >= 4 is 0 Å². The maximum absolute atomic E-state index is 9.01. The lowest BCUT2D eigenvalue weighted by atomic mass is 9.87. The zero-order chi connectivity index (χ0) is 6.97. The molecule has 2 fully saturated rings. The maximum Gasteiger partial charge on any atom is 0.0462 e. The zero-order valence-electron chi connectivity index (χ0n) is 6.42. The summed E-state index contributed by atoms with van der Waals surface area (Å²) in [6.07, 6.45) is 6.99. The molecule has 2 rings (SSSR count). The summed E-state index contributed by atoms with van der Waals surface area (Å²) < 4.78 is 0. The number of hydrogen-bond acceptors (Lipinski definition) is 1. The van der Waals surface area contributed by atoms with Gasteiger partial charge < -0.3 is 5.11 Å². The summed E-state index contributed by atoms with van der Waals surface area (Å²) in [4.78, 5) is 0. The van der Waals surface area contributed by atoms with E-state index in [4.69, 9.17) is 5.11 Å². The molecular formula is C9H16O. The summed E-state index contributed by atoms with van der Waals surface area (Å²) in [5.41, 5.74) is 0. The molecule has 1 nitrogen and oxygen atoms in total. The van der Waals surface area contributed by atoms with Gasteiger partial charge in [0.1, 0.15) is 0 Å². The van der Waals surface area contributed by atoms with Gasteiger partial charge in [-0.1, -0.05) is 19.3 Å². The van der Waals surface area contributed by atoms with Gasteiger partial charge in [-0.25, -0.2) is 0 Å². The van der Waals surface area contributed by atoms with Gasteiger partial charge in [0.2, 0.25) is 0 Å². The van der Waals surface area contributed by atoms with E-state index in [1.54, 1.807) is 0 Å². The molecule has 1 N–H and O–H groups in total. The highest BCUT2D eigenvalue weighted by Gasteiger charge is 2.35.